The van der Waals surface area contributed by atoms with Gasteiger partial charge in [-0.15, -0.1) is 0 Å². The number of carbonyl (C=O) groups is 2. The highest BCUT2D eigenvalue weighted by Gasteiger charge is 2.30. The van der Waals surface area contributed by atoms with Gasteiger partial charge in [0.2, 0.25) is 5.91 Å². The van der Waals surface area contributed by atoms with E-state index < -0.39 is 17.8 Å². The van der Waals surface area contributed by atoms with Crippen LogP contribution in [0.1, 0.15) is 37.4 Å². The first-order chi connectivity index (χ1) is 16.2. The molecule has 0 saturated heterocycles. The fourth-order valence-corrected chi connectivity index (χ4v) is 3.39. The lowest BCUT2D eigenvalue weighted by Gasteiger charge is -2.28. The van der Waals surface area contributed by atoms with Gasteiger partial charge < -0.3 is 24.4 Å². The summed E-state index contributed by atoms with van der Waals surface area (Å²) in [6, 6.07) is 7.61. The Morgan fingerprint density at radius 3 is 2.44 bits per heavy atom. The highest BCUT2D eigenvalue weighted by atomic mass is 19.4. The van der Waals surface area contributed by atoms with Crippen molar-refractivity contribution in [3.8, 4) is 0 Å². The number of nitrogens with one attached hydrogen (secondary N) is 1. The van der Waals surface area contributed by atoms with Crippen molar-refractivity contribution in [3.63, 3.8) is 0 Å². The van der Waals surface area contributed by atoms with Crippen LogP contribution in [0.3, 0.4) is 0 Å². The van der Waals surface area contributed by atoms with Crippen molar-refractivity contribution in [1.29, 1.82) is 0 Å². The van der Waals surface area contributed by atoms with E-state index in [1.54, 1.807) is 4.90 Å². The van der Waals surface area contributed by atoms with E-state index in [9.17, 15) is 22.8 Å². The third-order valence-corrected chi connectivity index (χ3v) is 5.37. The predicted octanol–water partition coefficient (Wildman–Crippen LogP) is 4.74. The highest BCUT2D eigenvalue weighted by molar-refractivity contribution is 5.92. The fourth-order valence-electron chi connectivity index (χ4n) is 3.39. The summed E-state index contributed by atoms with van der Waals surface area (Å²) in [4.78, 5) is 29.1. The molecule has 188 valence electrons. The standard InChI is InChI=1S/C24H33F3N4O3/c1-4-5-13-30(17-21-11-7-12-29(21)2)22(32)18-31(14-8-15-34-3)23(33)28-20-10-6-9-19(16-20)24(25,26)27/h6-7,9-12,16H,4-5,8,13-15,17-18H2,1-3H3,(H,28,33). The van der Waals surface area contributed by atoms with Crippen LogP contribution in [0.15, 0.2) is 42.6 Å². The lowest BCUT2D eigenvalue weighted by molar-refractivity contribution is -0.137. The molecule has 0 saturated carbocycles. The van der Waals surface area contributed by atoms with Crippen LogP contribution in [0.2, 0.25) is 0 Å². The maximum absolute atomic E-state index is 13.2. The fraction of sp³-hybridized carbons (Fsp3) is 0.500. The van der Waals surface area contributed by atoms with Gasteiger partial charge in [-0.25, -0.2) is 4.79 Å². The van der Waals surface area contributed by atoms with Gasteiger partial charge in [0.1, 0.15) is 6.54 Å². The molecule has 0 unspecified atom stereocenters. The van der Waals surface area contributed by atoms with Crippen LogP contribution in [0.4, 0.5) is 23.7 Å². The Morgan fingerprint density at radius 2 is 1.82 bits per heavy atom. The first-order valence-electron chi connectivity index (χ1n) is 11.3. The van der Waals surface area contributed by atoms with E-state index in [0.29, 0.717) is 26.1 Å². The first kappa shape index (κ1) is 27.2. The SMILES string of the molecule is CCCCN(Cc1cccn1C)C(=O)CN(CCCOC)C(=O)Nc1cccc(C(F)(F)F)c1. The van der Waals surface area contributed by atoms with Crippen molar-refractivity contribution < 1.29 is 27.5 Å². The number of alkyl halides is 3. The molecule has 1 aromatic carbocycles. The molecular formula is C24H33F3N4O3. The maximum Gasteiger partial charge on any atom is 0.416 e. The number of benzene rings is 1. The van der Waals surface area contributed by atoms with Gasteiger partial charge in [-0.3, -0.25) is 4.79 Å². The maximum atomic E-state index is 13.2. The van der Waals surface area contributed by atoms with Crippen LogP contribution in [0, 0.1) is 0 Å². The average molecular weight is 483 g/mol. The molecule has 0 fully saturated rings. The predicted molar refractivity (Wildman–Crippen MR) is 124 cm³/mol. The van der Waals surface area contributed by atoms with E-state index in [0.717, 1.165) is 30.7 Å². The number of hydrogen-bond acceptors (Lipinski definition) is 3. The molecule has 7 nitrogen and oxygen atoms in total. The van der Waals surface area contributed by atoms with E-state index in [-0.39, 0.29) is 24.7 Å². The number of aromatic nitrogens is 1. The molecule has 1 heterocycles. The molecule has 2 rings (SSSR count). The molecule has 3 amide bonds. The average Bonchev–Trinajstić information content (AvgIpc) is 3.19. The zero-order valence-corrected chi connectivity index (χ0v) is 19.9. The molecule has 0 aliphatic carbocycles. The molecule has 34 heavy (non-hydrogen) atoms. The minimum atomic E-state index is -4.52. The van der Waals surface area contributed by atoms with E-state index in [1.807, 2.05) is 36.9 Å². The molecule has 0 atom stereocenters. The number of aryl methyl sites for hydroxylation is 1. The third-order valence-electron chi connectivity index (χ3n) is 5.37. The van der Waals surface area contributed by atoms with Gasteiger partial charge in [0.25, 0.3) is 0 Å². The van der Waals surface area contributed by atoms with Crippen molar-refractivity contribution in [1.82, 2.24) is 14.4 Å². The van der Waals surface area contributed by atoms with Gasteiger partial charge in [-0.05, 0) is 43.2 Å². The Morgan fingerprint density at radius 1 is 1.09 bits per heavy atom. The lowest BCUT2D eigenvalue weighted by atomic mass is 10.2. The van der Waals surface area contributed by atoms with Crippen LogP contribution < -0.4 is 5.32 Å². The molecule has 0 aliphatic heterocycles. The minimum absolute atomic E-state index is 0.00987. The summed E-state index contributed by atoms with van der Waals surface area (Å²) in [5, 5.41) is 2.49. The highest BCUT2D eigenvalue weighted by Crippen LogP contribution is 2.30. The number of amides is 3. The van der Waals surface area contributed by atoms with Crippen LogP contribution in [-0.2, 0) is 29.3 Å². The van der Waals surface area contributed by atoms with Gasteiger partial charge in [0, 0.05) is 51.4 Å². The molecular weight excluding hydrogens is 449 g/mol. The number of halogens is 3. The summed E-state index contributed by atoms with van der Waals surface area (Å²) in [7, 11) is 3.43. The number of ether oxygens (including phenoxy) is 1. The van der Waals surface area contributed by atoms with Crippen molar-refractivity contribution in [3.05, 3.63) is 53.9 Å². The Hall–Kier alpha value is -3.01. The van der Waals surface area contributed by atoms with Crippen molar-refractivity contribution in [2.24, 2.45) is 7.05 Å². The largest absolute Gasteiger partial charge is 0.416 e. The van der Waals surface area contributed by atoms with Crippen LogP contribution in [-0.4, -0.2) is 59.7 Å². The Bertz CT molecular complexity index is 930. The third kappa shape index (κ3) is 8.40. The quantitative estimate of drug-likeness (QED) is 0.444. The molecule has 0 spiro atoms. The number of anilines is 1. The summed E-state index contributed by atoms with van der Waals surface area (Å²) in [6.45, 7) is 3.39. The number of carbonyl (C=O) groups excluding carboxylic acids is 2. The molecule has 1 N–H and O–H groups in total. The first-order valence-corrected chi connectivity index (χ1v) is 11.3. The summed E-state index contributed by atoms with van der Waals surface area (Å²) in [5.74, 6) is -0.230. The monoisotopic (exact) mass is 482 g/mol. The van der Waals surface area contributed by atoms with Gasteiger partial charge in [-0.1, -0.05) is 19.4 Å². The second kappa shape index (κ2) is 13.0. The van der Waals surface area contributed by atoms with Gasteiger partial charge in [-0.2, -0.15) is 13.2 Å². The summed E-state index contributed by atoms with van der Waals surface area (Å²) in [5.41, 5.74) is 0.111. The Kier molecular flexibility index (Phi) is 10.4. The van der Waals surface area contributed by atoms with Crippen molar-refractivity contribution in [2.45, 2.75) is 38.9 Å². The Balaban J connectivity index is 2.15. The second-order valence-corrected chi connectivity index (χ2v) is 8.06. The van der Waals surface area contributed by atoms with Gasteiger partial charge in [0.05, 0.1) is 12.1 Å². The summed E-state index contributed by atoms with van der Waals surface area (Å²) >= 11 is 0. The van der Waals surface area contributed by atoms with Crippen molar-refractivity contribution in [2.75, 3.05) is 38.7 Å². The topological polar surface area (TPSA) is 66.8 Å². The zero-order valence-electron chi connectivity index (χ0n) is 19.9. The molecule has 0 aliphatic rings. The molecule has 1 aromatic heterocycles. The van der Waals surface area contributed by atoms with E-state index in [4.69, 9.17) is 4.74 Å². The van der Waals surface area contributed by atoms with Gasteiger partial charge >= 0.3 is 12.2 Å². The van der Waals surface area contributed by atoms with Crippen molar-refractivity contribution >= 4 is 17.6 Å². The van der Waals surface area contributed by atoms with Crippen LogP contribution in [0.5, 0.6) is 0 Å². The molecule has 2 aromatic rings. The lowest BCUT2D eigenvalue weighted by Crippen LogP contribution is -2.45. The number of nitrogens with zero attached hydrogens (tertiary/aromatic N) is 3. The number of hydrogen-bond donors (Lipinski definition) is 1. The smallest absolute Gasteiger partial charge is 0.385 e. The number of rotatable bonds is 12. The summed E-state index contributed by atoms with van der Waals surface area (Å²) < 4.78 is 46.1. The van der Waals surface area contributed by atoms with E-state index in [1.165, 1.54) is 24.1 Å². The normalized spacial score (nSPS) is 11.4. The number of urea groups is 1. The van der Waals surface area contributed by atoms with Crippen LogP contribution >= 0.6 is 0 Å². The molecule has 0 radical (unpaired) electrons. The minimum Gasteiger partial charge on any atom is -0.385 e. The van der Waals surface area contributed by atoms with Gasteiger partial charge in [0.15, 0.2) is 0 Å². The Labute approximate surface area is 198 Å². The summed E-state index contributed by atoms with van der Waals surface area (Å²) in [6.07, 6.45) is -0.420. The second-order valence-electron chi connectivity index (χ2n) is 8.06. The molecule has 0 bridgehead atoms. The van der Waals surface area contributed by atoms with E-state index >= 15 is 0 Å². The zero-order chi connectivity index (χ0) is 25.1. The van der Waals surface area contributed by atoms with E-state index in [2.05, 4.69) is 5.32 Å². The van der Waals surface area contributed by atoms with Crippen LogP contribution in [0.25, 0.3) is 0 Å². The number of methoxy groups -OCH3 is 1. The number of unbranched alkanes of at least 4 members (excludes halogenated alkanes) is 1. The molecule has 10 heteroatoms.